The van der Waals surface area contributed by atoms with Crippen molar-refractivity contribution in [1.29, 1.82) is 0 Å². The Kier molecular flexibility index (Phi) is 6.69. The summed E-state index contributed by atoms with van der Waals surface area (Å²) in [7, 11) is 0. The predicted molar refractivity (Wildman–Crippen MR) is 84.0 cm³/mol. The van der Waals surface area contributed by atoms with E-state index in [-0.39, 0.29) is 11.7 Å². The van der Waals surface area contributed by atoms with Crippen LogP contribution in [0.3, 0.4) is 0 Å². The van der Waals surface area contributed by atoms with E-state index >= 15 is 0 Å². The first-order valence-corrected chi connectivity index (χ1v) is 7.44. The third-order valence-corrected chi connectivity index (χ3v) is 3.33. The summed E-state index contributed by atoms with van der Waals surface area (Å²) in [5.41, 5.74) is 0.515. The Bertz CT molecular complexity index is 514. The van der Waals surface area contributed by atoms with Crippen molar-refractivity contribution in [3.05, 3.63) is 28.8 Å². The summed E-state index contributed by atoms with van der Waals surface area (Å²) in [6.45, 7) is 7.96. The molecule has 0 bridgehead atoms. The van der Waals surface area contributed by atoms with Crippen LogP contribution in [0.5, 0.6) is 5.75 Å². The Morgan fingerprint density at radius 2 is 1.95 bits per heavy atom. The number of amides is 1. The molecule has 1 rings (SSSR count). The molecule has 0 aromatic heterocycles. The van der Waals surface area contributed by atoms with Crippen LogP contribution in [-0.4, -0.2) is 24.3 Å². The largest absolute Gasteiger partial charge is 0.479 e. The minimum absolute atomic E-state index is 0.0667. The SMILES string of the molecule is CC(=O)c1ccc(OC(C)C(=O)NCCC(C)C)c(Cl)c1. The molecule has 1 N–H and O–H groups in total. The van der Waals surface area contributed by atoms with Crippen LogP contribution in [0.1, 0.15) is 44.5 Å². The highest BCUT2D eigenvalue weighted by molar-refractivity contribution is 6.32. The zero-order valence-electron chi connectivity index (χ0n) is 12.9. The molecule has 1 aromatic carbocycles. The van der Waals surface area contributed by atoms with Gasteiger partial charge in [0.05, 0.1) is 5.02 Å². The second kappa shape index (κ2) is 8.03. The van der Waals surface area contributed by atoms with E-state index in [4.69, 9.17) is 16.3 Å². The van der Waals surface area contributed by atoms with Crippen LogP contribution in [0, 0.1) is 5.92 Å². The topological polar surface area (TPSA) is 55.4 Å². The van der Waals surface area contributed by atoms with E-state index in [0.717, 1.165) is 6.42 Å². The molecule has 0 aliphatic carbocycles. The Morgan fingerprint density at radius 3 is 2.48 bits per heavy atom. The summed E-state index contributed by atoms with van der Waals surface area (Å²) < 4.78 is 5.54. The van der Waals surface area contributed by atoms with E-state index < -0.39 is 6.10 Å². The number of hydrogen-bond donors (Lipinski definition) is 1. The zero-order chi connectivity index (χ0) is 16.0. The van der Waals surface area contributed by atoms with Gasteiger partial charge in [-0.3, -0.25) is 9.59 Å². The molecule has 0 radical (unpaired) electrons. The maximum atomic E-state index is 11.9. The van der Waals surface area contributed by atoms with Crippen molar-refractivity contribution < 1.29 is 14.3 Å². The number of carbonyl (C=O) groups excluding carboxylic acids is 2. The van der Waals surface area contributed by atoms with Crippen LogP contribution in [0.2, 0.25) is 5.02 Å². The fourth-order valence-electron chi connectivity index (χ4n) is 1.69. The first-order chi connectivity index (χ1) is 9.81. The lowest BCUT2D eigenvalue weighted by atomic mass is 10.1. The summed E-state index contributed by atoms with van der Waals surface area (Å²) in [4.78, 5) is 23.1. The minimum Gasteiger partial charge on any atom is -0.479 e. The van der Waals surface area contributed by atoms with E-state index in [1.54, 1.807) is 25.1 Å². The number of halogens is 1. The second-order valence-electron chi connectivity index (χ2n) is 5.44. The Balaban J connectivity index is 2.60. The summed E-state index contributed by atoms with van der Waals surface area (Å²) in [6.07, 6.45) is 0.282. The molecule has 0 spiro atoms. The predicted octanol–water partition coefficient (Wildman–Crippen LogP) is 3.47. The number of hydrogen-bond acceptors (Lipinski definition) is 3. The van der Waals surface area contributed by atoms with E-state index in [2.05, 4.69) is 19.2 Å². The van der Waals surface area contributed by atoms with E-state index in [0.29, 0.717) is 28.8 Å². The average molecular weight is 312 g/mol. The molecule has 21 heavy (non-hydrogen) atoms. The van der Waals surface area contributed by atoms with Crippen LogP contribution in [0.25, 0.3) is 0 Å². The van der Waals surface area contributed by atoms with Crippen molar-refractivity contribution in [3.63, 3.8) is 0 Å². The van der Waals surface area contributed by atoms with Gasteiger partial charge in [0.25, 0.3) is 5.91 Å². The van der Waals surface area contributed by atoms with Gasteiger partial charge in [0, 0.05) is 12.1 Å². The van der Waals surface area contributed by atoms with Gasteiger partial charge >= 0.3 is 0 Å². The van der Waals surface area contributed by atoms with Crippen molar-refractivity contribution in [1.82, 2.24) is 5.32 Å². The van der Waals surface area contributed by atoms with Crippen molar-refractivity contribution in [2.75, 3.05) is 6.54 Å². The van der Waals surface area contributed by atoms with Gasteiger partial charge in [0.2, 0.25) is 0 Å². The number of ether oxygens (including phenoxy) is 1. The third kappa shape index (κ3) is 5.76. The summed E-state index contributed by atoms with van der Waals surface area (Å²) in [6, 6.07) is 4.78. The van der Waals surface area contributed by atoms with Crippen molar-refractivity contribution >= 4 is 23.3 Å². The number of nitrogens with one attached hydrogen (secondary N) is 1. The first kappa shape index (κ1) is 17.5. The van der Waals surface area contributed by atoms with E-state index in [9.17, 15) is 9.59 Å². The standard InChI is InChI=1S/C16H22ClNO3/c1-10(2)7-8-18-16(20)12(4)21-15-6-5-13(11(3)19)9-14(15)17/h5-6,9-10,12H,7-8H2,1-4H3,(H,18,20). The molecule has 0 fully saturated rings. The van der Waals surface area contributed by atoms with Crippen molar-refractivity contribution in [3.8, 4) is 5.75 Å². The van der Waals surface area contributed by atoms with E-state index in [1.807, 2.05) is 0 Å². The fourth-order valence-corrected chi connectivity index (χ4v) is 1.91. The first-order valence-electron chi connectivity index (χ1n) is 7.06. The molecule has 4 nitrogen and oxygen atoms in total. The lowest BCUT2D eigenvalue weighted by Gasteiger charge is -2.16. The molecule has 1 unspecified atom stereocenters. The highest BCUT2D eigenvalue weighted by Gasteiger charge is 2.16. The number of carbonyl (C=O) groups is 2. The normalized spacial score (nSPS) is 12.1. The Morgan fingerprint density at radius 1 is 1.29 bits per heavy atom. The number of Topliss-reactive ketones (excluding diaryl/α,β-unsaturated/α-hetero) is 1. The van der Waals surface area contributed by atoms with E-state index in [1.165, 1.54) is 6.92 Å². The van der Waals surface area contributed by atoms with Gasteiger partial charge in [-0.15, -0.1) is 0 Å². The quantitative estimate of drug-likeness (QED) is 0.784. The summed E-state index contributed by atoms with van der Waals surface area (Å²) in [5.74, 6) is 0.688. The van der Waals surface area contributed by atoms with Gasteiger partial charge in [-0.2, -0.15) is 0 Å². The van der Waals surface area contributed by atoms with Crippen LogP contribution in [0.4, 0.5) is 0 Å². The molecule has 1 aromatic rings. The van der Waals surface area contributed by atoms with Gasteiger partial charge in [-0.25, -0.2) is 0 Å². The van der Waals surface area contributed by atoms with Gasteiger partial charge in [-0.1, -0.05) is 25.4 Å². The molecule has 0 saturated heterocycles. The lowest BCUT2D eigenvalue weighted by molar-refractivity contribution is -0.127. The molecular formula is C16H22ClNO3. The molecular weight excluding hydrogens is 290 g/mol. The molecule has 1 amide bonds. The lowest BCUT2D eigenvalue weighted by Crippen LogP contribution is -2.37. The van der Waals surface area contributed by atoms with Gasteiger partial charge < -0.3 is 10.1 Å². The molecule has 5 heteroatoms. The fraction of sp³-hybridized carbons (Fsp3) is 0.500. The van der Waals surface area contributed by atoms with Crippen LogP contribution >= 0.6 is 11.6 Å². The molecule has 0 heterocycles. The smallest absolute Gasteiger partial charge is 0.260 e. The summed E-state index contributed by atoms with van der Waals surface area (Å²) >= 11 is 6.06. The monoisotopic (exact) mass is 311 g/mol. The molecule has 116 valence electrons. The maximum Gasteiger partial charge on any atom is 0.260 e. The maximum absolute atomic E-state index is 11.9. The zero-order valence-corrected chi connectivity index (χ0v) is 13.7. The molecule has 1 atom stereocenters. The van der Waals surface area contributed by atoms with Crippen LogP contribution in [-0.2, 0) is 4.79 Å². The van der Waals surface area contributed by atoms with Crippen molar-refractivity contribution in [2.45, 2.75) is 40.2 Å². The Hall–Kier alpha value is -1.55. The third-order valence-electron chi connectivity index (χ3n) is 3.03. The number of ketones is 1. The number of benzene rings is 1. The highest BCUT2D eigenvalue weighted by atomic mass is 35.5. The van der Waals surface area contributed by atoms with Crippen LogP contribution < -0.4 is 10.1 Å². The minimum atomic E-state index is -0.641. The Labute approximate surface area is 130 Å². The van der Waals surface area contributed by atoms with Gasteiger partial charge in [0.15, 0.2) is 11.9 Å². The highest BCUT2D eigenvalue weighted by Crippen LogP contribution is 2.26. The second-order valence-corrected chi connectivity index (χ2v) is 5.84. The molecule has 0 aliphatic rings. The average Bonchev–Trinajstić information content (AvgIpc) is 2.40. The van der Waals surface area contributed by atoms with Crippen LogP contribution in [0.15, 0.2) is 18.2 Å². The number of rotatable bonds is 7. The van der Waals surface area contributed by atoms with Gasteiger partial charge in [0.1, 0.15) is 5.75 Å². The molecule has 0 aliphatic heterocycles. The molecule has 0 saturated carbocycles. The summed E-state index contributed by atoms with van der Waals surface area (Å²) in [5, 5.41) is 3.15. The van der Waals surface area contributed by atoms with Crippen molar-refractivity contribution in [2.24, 2.45) is 5.92 Å². The van der Waals surface area contributed by atoms with Gasteiger partial charge in [-0.05, 0) is 44.4 Å².